The number of carbonyl (C=O) groups excluding carboxylic acids is 1. The number of hydrogen-bond donors (Lipinski definition) is 2. The molecule has 0 heterocycles. The van der Waals surface area contributed by atoms with E-state index >= 15 is 0 Å². The molecule has 0 rings (SSSR count). The average molecular weight is 170 g/mol. The lowest BCUT2D eigenvalue weighted by Crippen LogP contribution is -2.20. The number of Topliss-reactive ketones (excluding diaryl/α,β-unsaturated/α-hetero) is 1. The highest BCUT2D eigenvalue weighted by atomic mass is 16.1. The van der Waals surface area contributed by atoms with Crippen molar-refractivity contribution in [3.63, 3.8) is 0 Å². The number of hydrogen-bond acceptors (Lipinski definition) is 3. The zero-order valence-corrected chi connectivity index (χ0v) is 7.42. The highest BCUT2D eigenvalue weighted by molar-refractivity contribution is 6.25. The topological polar surface area (TPSA) is 81.0 Å². The van der Waals surface area contributed by atoms with Gasteiger partial charge in [-0.25, -0.2) is 0 Å². The van der Waals surface area contributed by atoms with Crippen LogP contribution in [0.1, 0.15) is 32.6 Å². The van der Waals surface area contributed by atoms with E-state index in [0.717, 1.165) is 19.1 Å². The van der Waals surface area contributed by atoms with E-state index in [1.165, 1.54) is 0 Å². The first-order valence-corrected chi connectivity index (χ1v) is 4.19. The lowest BCUT2D eigenvalue weighted by atomic mass is 10.1. The summed E-state index contributed by atoms with van der Waals surface area (Å²) in [5.74, 6) is -0.114. The van der Waals surface area contributed by atoms with Gasteiger partial charge in [-0.2, -0.15) is 0 Å². The summed E-state index contributed by atoms with van der Waals surface area (Å²) in [4.78, 5) is 13.7. The van der Waals surface area contributed by atoms with Gasteiger partial charge in [-0.05, 0) is 12.8 Å². The summed E-state index contributed by atoms with van der Waals surface area (Å²) in [6, 6.07) is 0.109. The Balaban J connectivity index is 3.53. The van der Waals surface area contributed by atoms with Crippen LogP contribution in [0.4, 0.5) is 0 Å². The lowest BCUT2D eigenvalue weighted by Gasteiger charge is -2.06. The molecule has 0 aliphatic rings. The summed E-state index contributed by atoms with van der Waals surface area (Å²) >= 11 is 0. The van der Waals surface area contributed by atoms with Gasteiger partial charge in [-0.1, -0.05) is 13.3 Å². The summed E-state index contributed by atoms with van der Waals surface area (Å²) in [6.45, 7) is 2.06. The van der Waals surface area contributed by atoms with Crippen LogP contribution in [0.3, 0.4) is 0 Å². The van der Waals surface area contributed by atoms with Crippen LogP contribution in [0.2, 0.25) is 0 Å². The first-order valence-electron chi connectivity index (χ1n) is 4.19. The minimum atomic E-state index is -0.114. The third-order valence-electron chi connectivity index (χ3n) is 1.63. The van der Waals surface area contributed by atoms with Crippen LogP contribution in [0.5, 0.6) is 0 Å². The number of rotatable bonds is 6. The van der Waals surface area contributed by atoms with Gasteiger partial charge >= 0.3 is 6.21 Å². The zero-order chi connectivity index (χ0) is 9.40. The van der Waals surface area contributed by atoms with Crippen molar-refractivity contribution in [2.24, 2.45) is 5.73 Å². The first kappa shape index (κ1) is 11.0. The van der Waals surface area contributed by atoms with Crippen LogP contribution in [0.25, 0.3) is 0 Å². The number of nitrogens with two attached hydrogens (primary N) is 1. The monoisotopic (exact) mass is 170 g/mol. The maximum Gasteiger partial charge on any atom is 0.372 e. The molecular weight excluding hydrogens is 154 g/mol. The molecule has 0 aliphatic heterocycles. The predicted molar refractivity (Wildman–Crippen MR) is 46.2 cm³/mol. The van der Waals surface area contributed by atoms with Crippen molar-refractivity contribution < 1.29 is 9.58 Å². The van der Waals surface area contributed by atoms with Crippen molar-refractivity contribution in [1.29, 1.82) is 5.53 Å². The molecule has 0 unspecified atom stereocenters. The number of carbonyl (C=O) groups is 1. The van der Waals surface area contributed by atoms with Gasteiger partial charge < -0.3 is 5.73 Å². The predicted octanol–water partition coefficient (Wildman–Crippen LogP) is 0.773. The van der Waals surface area contributed by atoms with E-state index in [0.29, 0.717) is 12.8 Å². The molecule has 1 atom stereocenters. The molecule has 0 aromatic carbocycles. The molecule has 0 saturated carbocycles. The van der Waals surface area contributed by atoms with Gasteiger partial charge in [0, 0.05) is 12.5 Å². The summed E-state index contributed by atoms with van der Waals surface area (Å²) in [5.41, 5.74) is 12.1. The van der Waals surface area contributed by atoms with Gasteiger partial charge in [0.05, 0.1) is 10.3 Å². The molecule has 12 heavy (non-hydrogen) atoms. The number of nitrogens with zero attached hydrogens (tertiary/aromatic N) is 1. The van der Waals surface area contributed by atoms with Gasteiger partial charge in [-0.15, -0.1) is 0 Å². The van der Waals surface area contributed by atoms with Crippen molar-refractivity contribution >= 4 is 12.0 Å². The minimum Gasteiger partial charge on any atom is -0.328 e. The first-order chi connectivity index (χ1) is 5.70. The molecular formula is C8H16N3O+. The largest absolute Gasteiger partial charge is 0.372 e. The Kier molecular flexibility index (Phi) is 6.15. The Morgan fingerprint density at radius 2 is 2.33 bits per heavy atom. The van der Waals surface area contributed by atoms with E-state index in [4.69, 9.17) is 11.3 Å². The molecule has 0 saturated heterocycles. The molecule has 0 aliphatic carbocycles. The van der Waals surface area contributed by atoms with Gasteiger partial charge in [0.25, 0.3) is 0 Å². The molecule has 0 aromatic rings. The molecule has 0 spiro atoms. The minimum absolute atomic E-state index is 0.109. The summed E-state index contributed by atoms with van der Waals surface area (Å²) in [6.07, 6.45) is 4.12. The second-order valence-corrected chi connectivity index (χ2v) is 2.81. The van der Waals surface area contributed by atoms with Crippen LogP contribution < -0.4 is 5.73 Å². The van der Waals surface area contributed by atoms with Gasteiger partial charge in [0.15, 0.2) is 0 Å². The summed E-state index contributed by atoms with van der Waals surface area (Å²) in [7, 11) is 0. The van der Waals surface area contributed by atoms with Crippen LogP contribution >= 0.6 is 0 Å². The molecule has 3 N–H and O–H groups in total. The Morgan fingerprint density at radius 3 is 2.83 bits per heavy atom. The second kappa shape index (κ2) is 6.70. The molecule has 0 fully saturated rings. The van der Waals surface area contributed by atoms with Crippen molar-refractivity contribution in [3.05, 3.63) is 0 Å². The van der Waals surface area contributed by atoms with Gasteiger partial charge in [-0.3, -0.25) is 4.79 Å². The maximum absolute atomic E-state index is 10.8. The Morgan fingerprint density at radius 1 is 1.67 bits per heavy atom. The standard InChI is InChI=1S/C8H16N3O/c1-2-3-7(9)4-5-8(12)6-11-10/h6-7,10H,2-5,9H2,1H3/q+1/t7-/m1/s1. The quantitative estimate of drug-likeness (QED) is 0.351. The van der Waals surface area contributed by atoms with Crippen molar-refractivity contribution in [3.8, 4) is 0 Å². The summed E-state index contributed by atoms with van der Waals surface area (Å²) in [5, 5.41) is 0. The van der Waals surface area contributed by atoms with Crippen LogP contribution in [0, 0.1) is 5.53 Å². The fourth-order valence-electron chi connectivity index (χ4n) is 0.979. The molecule has 0 amide bonds. The Hall–Kier alpha value is -0.990. The average Bonchev–Trinajstić information content (AvgIpc) is 2.02. The fourth-order valence-corrected chi connectivity index (χ4v) is 0.979. The highest BCUT2D eigenvalue weighted by Gasteiger charge is 2.07. The van der Waals surface area contributed by atoms with Crippen LogP contribution in [-0.2, 0) is 4.79 Å². The third kappa shape index (κ3) is 5.77. The van der Waals surface area contributed by atoms with E-state index < -0.39 is 0 Å². The smallest absolute Gasteiger partial charge is 0.328 e. The van der Waals surface area contributed by atoms with Crippen molar-refractivity contribution in [2.75, 3.05) is 0 Å². The van der Waals surface area contributed by atoms with E-state index in [9.17, 15) is 4.79 Å². The number of ketones is 1. The summed E-state index contributed by atoms with van der Waals surface area (Å²) < 4.78 is 0. The van der Waals surface area contributed by atoms with E-state index in [1.807, 2.05) is 0 Å². The molecule has 4 nitrogen and oxygen atoms in total. The highest BCUT2D eigenvalue weighted by Crippen LogP contribution is 2.01. The Labute approximate surface area is 72.4 Å². The SMILES string of the molecule is CCC[C@@H](N)CCC(=O)C=[N+]=N. The van der Waals surface area contributed by atoms with Gasteiger partial charge in [0.1, 0.15) is 0 Å². The van der Waals surface area contributed by atoms with E-state index in [1.54, 1.807) is 0 Å². The maximum atomic E-state index is 10.8. The van der Waals surface area contributed by atoms with Crippen molar-refractivity contribution in [2.45, 2.75) is 38.6 Å². The van der Waals surface area contributed by atoms with Crippen LogP contribution in [-0.4, -0.2) is 22.8 Å². The molecule has 68 valence electrons. The van der Waals surface area contributed by atoms with E-state index in [2.05, 4.69) is 11.7 Å². The normalized spacial score (nSPS) is 11.8. The zero-order valence-electron chi connectivity index (χ0n) is 7.42. The lowest BCUT2D eigenvalue weighted by molar-refractivity contribution is -0.131. The third-order valence-corrected chi connectivity index (χ3v) is 1.63. The van der Waals surface area contributed by atoms with E-state index in [-0.39, 0.29) is 11.8 Å². The molecule has 4 heteroatoms. The second-order valence-electron chi connectivity index (χ2n) is 2.81. The van der Waals surface area contributed by atoms with Gasteiger partial charge in [0.2, 0.25) is 5.78 Å². The molecule has 0 radical (unpaired) electrons. The number of nitrogens with one attached hydrogen (secondary N) is 1. The van der Waals surface area contributed by atoms with Crippen molar-refractivity contribution in [1.82, 2.24) is 0 Å². The molecule has 0 bridgehead atoms. The fraction of sp³-hybridized carbons (Fsp3) is 0.750. The molecule has 0 aromatic heterocycles. The Bertz CT molecular complexity index is 185. The van der Waals surface area contributed by atoms with Crippen LogP contribution in [0.15, 0.2) is 0 Å².